The van der Waals surface area contributed by atoms with Gasteiger partial charge < -0.3 is 58.9 Å². The zero-order chi connectivity index (χ0) is 79.7. The summed E-state index contributed by atoms with van der Waals surface area (Å²) in [6, 6.07) is 26.7. The third-order valence-electron chi connectivity index (χ3n) is 19.1. The Hall–Kier alpha value is -10.3. The van der Waals surface area contributed by atoms with E-state index in [9.17, 15) is 60.3 Å². The Kier molecular flexibility index (Phi) is 35.8. The van der Waals surface area contributed by atoms with Gasteiger partial charge in [-0.25, -0.2) is 36.7 Å². The molecule has 2 fully saturated rings. The van der Waals surface area contributed by atoms with Gasteiger partial charge in [-0.2, -0.15) is 0 Å². The standard InChI is InChI=1S/C38H50F2N6O5.C34H43F2N5O3.C10H6FN2O.2CH4.Li.H2O/c1-25(43(8)36(50)51-38(5,6)7)33(47)42-32(37(2,3)4)35(49)46-20-9-10-30(46)22-44(21-19-26-11-13-27(39)14-12-26)34(48)31-23-45(24-41-31)29-17-15-28(40)16-18-29;1-6-23(2)31(42)38-30(34(3,4)5)33(44)41-18-7-8-28(41)20-39(19-17-24-9-11-25(35)12-10-24)32(43)29-21-40(22-37-29)27-15-13-26(36)14-16-27;11-8-1-3-10(4-2-8)13-5-9(6-14)12-7-13;;;;/h11-18,23-25,30,32H,9-10,19-22H2,1-8H3,(H,42,47);9-16,21-23,28,30H,6-8,17-20H2,1-5H3,(H,38,42);1-5,7H;2*1H4;;1H2/q;;-1;;;+1;/p-1/t25-,30-,32+;23-,28+,30-;;;;;/m01...../s1. The van der Waals surface area contributed by atoms with Crippen LogP contribution in [0.3, 0.4) is 0 Å². The van der Waals surface area contributed by atoms with E-state index in [4.69, 9.17) is 4.74 Å². The third-order valence-corrected chi connectivity index (χ3v) is 19.1. The molecule has 0 bridgehead atoms. The fourth-order valence-electron chi connectivity index (χ4n) is 12.4. The Morgan fingerprint density at radius 1 is 0.531 bits per heavy atom. The maximum Gasteiger partial charge on any atom is 1.00 e. The maximum atomic E-state index is 14.3. The van der Waals surface area contributed by atoms with Gasteiger partial charge in [0.2, 0.25) is 23.6 Å². The zero-order valence-corrected chi connectivity index (χ0v) is 65.6. The summed E-state index contributed by atoms with van der Waals surface area (Å²) < 4.78 is 77.0. The molecule has 7 amide bonds. The van der Waals surface area contributed by atoms with Gasteiger partial charge in [0, 0.05) is 100 Å². The van der Waals surface area contributed by atoms with Gasteiger partial charge in [-0.1, -0.05) is 94.5 Å². The Bertz CT molecular complexity index is 4390. The topological polar surface area (TPSA) is 270 Å². The molecule has 3 N–H and O–H groups in total. The first kappa shape index (κ1) is 95.1. The third kappa shape index (κ3) is 26.9. The number of hydrogen-bond acceptors (Lipinski definition) is 13. The molecule has 606 valence electrons. The second-order valence-electron chi connectivity index (χ2n) is 30.6. The number of carbonyl (C=O) groups is 7. The van der Waals surface area contributed by atoms with E-state index in [0.717, 1.165) is 23.2 Å². The van der Waals surface area contributed by atoms with Gasteiger partial charge in [0.1, 0.15) is 76.9 Å². The number of likely N-dealkylation sites (tertiary alicyclic amines) is 2. The number of aromatic nitrogens is 6. The summed E-state index contributed by atoms with van der Waals surface area (Å²) in [6.45, 7) is 24.0. The molecule has 3 aromatic heterocycles. The van der Waals surface area contributed by atoms with E-state index in [1.807, 2.05) is 60.3 Å². The molecule has 23 nitrogen and oxygen atoms in total. The van der Waals surface area contributed by atoms with Gasteiger partial charge in [-0.15, -0.1) is 6.20 Å². The number of benzene rings is 5. The van der Waals surface area contributed by atoms with Crippen molar-refractivity contribution < 1.29 is 89.4 Å². The van der Waals surface area contributed by atoms with Gasteiger partial charge in [-0.3, -0.25) is 38.7 Å². The van der Waals surface area contributed by atoms with E-state index in [0.29, 0.717) is 69.5 Å². The smallest absolute Gasteiger partial charge is 0.870 e. The van der Waals surface area contributed by atoms with Crippen molar-refractivity contribution in [3.63, 3.8) is 0 Å². The molecule has 0 aliphatic carbocycles. The molecule has 6 atom stereocenters. The molecule has 5 heterocycles. The van der Waals surface area contributed by atoms with Crippen molar-refractivity contribution in [1.29, 1.82) is 0 Å². The molecular formula is C84H108F5LiN13O10-. The van der Waals surface area contributed by atoms with Gasteiger partial charge in [0.15, 0.2) is 0 Å². The summed E-state index contributed by atoms with van der Waals surface area (Å²) in [6.07, 6.45) is 14.7. The molecule has 5 aromatic carbocycles. The second-order valence-corrected chi connectivity index (χ2v) is 30.6. The van der Waals surface area contributed by atoms with Crippen LogP contribution in [0.2, 0.25) is 0 Å². The van der Waals surface area contributed by atoms with Crippen LogP contribution >= 0.6 is 0 Å². The van der Waals surface area contributed by atoms with Gasteiger partial charge >= 0.3 is 25.0 Å². The summed E-state index contributed by atoms with van der Waals surface area (Å²) in [5, 5.41) is 5.90. The van der Waals surface area contributed by atoms with Crippen molar-refractivity contribution >= 4 is 47.8 Å². The maximum absolute atomic E-state index is 14.3. The monoisotopic (exact) mass is 1560 g/mol. The fourth-order valence-corrected chi connectivity index (χ4v) is 12.4. The average molecular weight is 1560 g/mol. The van der Waals surface area contributed by atoms with Crippen LogP contribution in [0, 0.1) is 45.8 Å². The van der Waals surface area contributed by atoms with Crippen LogP contribution in [0.25, 0.3) is 17.1 Å². The molecule has 2 aliphatic rings. The number of hydrogen-bond donors (Lipinski definition) is 2. The fraction of sp³-hybridized carbons (Fsp3) is 0.440. The first-order chi connectivity index (χ1) is 51.5. The number of nitrogens with one attached hydrogen (secondary N) is 2. The minimum absolute atomic E-state index is 0. The molecule has 0 saturated carbocycles. The predicted octanol–water partition coefficient (Wildman–Crippen LogP) is 10.6. The molecule has 0 spiro atoms. The second kappa shape index (κ2) is 42.5. The van der Waals surface area contributed by atoms with Crippen molar-refractivity contribution in [3.8, 4) is 17.1 Å². The van der Waals surface area contributed by atoms with Crippen LogP contribution in [0.1, 0.15) is 168 Å². The van der Waals surface area contributed by atoms with Crippen LogP contribution in [-0.4, -0.2) is 189 Å². The van der Waals surface area contributed by atoms with Crippen molar-refractivity contribution in [2.75, 3.05) is 46.3 Å². The molecule has 2 aliphatic heterocycles. The molecule has 0 unspecified atom stereocenters. The van der Waals surface area contributed by atoms with Crippen molar-refractivity contribution in [2.24, 2.45) is 16.7 Å². The molecule has 0 radical (unpaired) electrons. The number of ether oxygens (including phenoxy) is 1. The van der Waals surface area contributed by atoms with Crippen LogP contribution < -0.4 is 29.5 Å². The van der Waals surface area contributed by atoms with E-state index in [-0.39, 0.29) is 153 Å². The molecular weight excluding hydrogens is 1450 g/mol. The average Bonchev–Trinajstić information content (AvgIpc) is 1.46. The first-order valence-electron chi connectivity index (χ1n) is 36.5. The summed E-state index contributed by atoms with van der Waals surface area (Å²) in [4.78, 5) is 126. The van der Waals surface area contributed by atoms with E-state index in [1.54, 1.807) is 135 Å². The van der Waals surface area contributed by atoms with Crippen molar-refractivity contribution in [1.82, 2.24) is 63.8 Å². The number of imidazole rings is 3. The Morgan fingerprint density at radius 2 is 0.867 bits per heavy atom. The number of rotatable bonds is 24. The summed E-state index contributed by atoms with van der Waals surface area (Å²) in [7, 11) is 1.48. The van der Waals surface area contributed by atoms with Gasteiger partial charge in [0.05, 0.1) is 6.33 Å². The minimum Gasteiger partial charge on any atom is -0.870 e. The Morgan fingerprint density at radius 3 is 1.19 bits per heavy atom. The summed E-state index contributed by atoms with van der Waals surface area (Å²) >= 11 is 0. The zero-order valence-electron chi connectivity index (χ0n) is 65.6. The van der Waals surface area contributed by atoms with Crippen molar-refractivity contribution in [2.45, 2.75) is 179 Å². The molecule has 113 heavy (non-hydrogen) atoms. The molecule has 8 aromatic rings. The molecule has 2 saturated heterocycles. The molecule has 29 heteroatoms. The minimum atomic E-state index is -0.921. The van der Waals surface area contributed by atoms with Crippen LogP contribution in [0.5, 0.6) is 0 Å². The SMILES string of the molecule is C.C.CC[C@@H](C)C(=O)N[C@H](C(=O)N1CCC[C@H]1CN(CCc1ccc(F)cc1)C(=O)c1cn(-c2ccc(F)cc2)cn1)C(C)(C)C.C[C@@H](C(=O)N[C@H](C(=O)N1CCC[C@H]1CN(CCc1ccc(F)cc1)C(=O)c1cn(-c2ccc(F)cc2)cn1)C(C)(C)C)N(C)C(=O)OC(C)(C)C.O=[C-]c1cn(-c2ccc(F)cc2)cn1.[Li+].[OH-]. The largest absolute Gasteiger partial charge is 1.00 e. The molecule has 10 rings (SSSR count). The summed E-state index contributed by atoms with van der Waals surface area (Å²) in [5.74, 6) is -3.67. The number of carbonyl (C=O) groups excluding carboxylic acids is 8. The van der Waals surface area contributed by atoms with Crippen LogP contribution in [0.4, 0.5) is 26.7 Å². The Balaban J connectivity index is 0.000000395. The van der Waals surface area contributed by atoms with Crippen molar-refractivity contribution in [3.05, 3.63) is 216 Å². The number of likely N-dealkylation sites (N-methyl/N-ethyl adjacent to an activating group) is 1. The number of nitrogens with zero attached hydrogens (tertiary/aromatic N) is 11. The van der Waals surface area contributed by atoms with E-state index < -0.39 is 46.6 Å². The quantitative estimate of drug-likeness (QED) is 0.0324. The van der Waals surface area contributed by atoms with Gasteiger partial charge in [-0.05, 0) is 197 Å². The van der Waals surface area contributed by atoms with Gasteiger partial charge in [0.25, 0.3) is 11.8 Å². The predicted molar refractivity (Wildman–Crippen MR) is 418 cm³/mol. The van der Waals surface area contributed by atoms with E-state index in [2.05, 4.69) is 25.6 Å². The number of halogens is 5. The van der Waals surface area contributed by atoms with E-state index in [1.165, 1.54) is 97.8 Å². The van der Waals surface area contributed by atoms with E-state index >= 15 is 0 Å². The van der Waals surface area contributed by atoms with Crippen LogP contribution in [-0.2, 0) is 41.6 Å². The normalized spacial score (nSPS) is 14.8. The first-order valence-corrected chi connectivity index (χ1v) is 36.5. The Labute approximate surface area is 672 Å². The number of amides is 7. The summed E-state index contributed by atoms with van der Waals surface area (Å²) in [5.41, 5.74) is 2.45. The van der Waals surface area contributed by atoms with Crippen LogP contribution in [0.15, 0.2) is 159 Å².